The molecule has 0 saturated carbocycles. The monoisotopic (exact) mass is 249 g/mol. The van der Waals surface area contributed by atoms with E-state index < -0.39 is 0 Å². The van der Waals surface area contributed by atoms with Crippen LogP contribution in [0, 0.1) is 5.92 Å². The van der Waals surface area contributed by atoms with Gasteiger partial charge >= 0.3 is 0 Å². The summed E-state index contributed by atoms with van der Waals surface area (Å²) in [5.74, 6) is 0.301. The molecule has 0 bridgehead atoms. The van der Waals surface area contributed by atoms with E-state index in [2.05, 4.69) is 4.90 Å². The number of likely N-dealkylation sites (tertiary alicyclic amines) is 1. The van der Waals surface area contributed by atoms with E-state index in [0.29, 0.717) is 5.92 Å². The van der Waals surface area contributed by atoms with Gasteiger partial charge in [-0.3, -0.25) is 9.69 Å². The third-order valence-electron chi connectivity index (χ3n) is 3.39. The van der Waals surface area contributed by atoms with Crippen LogP contribution in [0.5, 0.6) is 0 Å². The summed E-state index contributed by atoms with van der Waals surface area (Å²) in [4.78, 5) is 13.4. The van der Waals surface area contributed by atoms with Gasteiger partial charge in [-0.25, -0.2) is 0 Å². The molecule has 0 aromatic rings. The van der Waals surface area contributed by atoms with Gasteiger partial charge in [-0.2, -0.15) is 0 Å². The van der Waals surface area contributed by atoms with Gasteiger partial charge in [0.15, 0.2) is 0 Å². The molecule has 0 spiro atoms. The number of nitrogens with zero attached hydrogens (tertiary/aromatic N) is 1. The molecule has 1 aliphatic heterocycles. The molecule has 5 heteroatoms. The number of primary amides is 1. The molecule has 1 heterocycles. The van der Waals surface area contributed by atoms with E-state index in [1.807, 2.05) is 13.8 Å². The van der Waals surface area contributed by atoms with Crippen LogP contribution >= 0.6 is 12.4 Å². The lowest BCUT2D eigenvalue weighted by Gasteiger charge is -2.38. The van der Waals surface area contributed by atoms with Gasteiger partial charge in [0.25, 0.3) is 0 Å². The Morgan fingerprint density at radius 2 is 2.19 bits per heavy atom. The van der Waals surface area contributed by atoms with Gasteiger partial charge < -0.3 is 11.5 Å². The van der Waals surface area contributed by atoms with Gasteiger partial charge in [0, 0.05) is 12.6 Å². The predicted molar refractivity (Wildman–Crippen MR) is 68.5 cm³/mol. The van der Waals surface area contributed by atoms with Gasteiger partial charge in [0.1, 0.15) is 0 Å². The minimum atomic E-state index is -0.206. The molecule has 1 amide bonds. The van der Waals surface area contributed by atoms with Crippen LogP contribution in [0.1, 0.15) is 33.1 Å². The Bertz CT molecular complexity index is 223. The van der Waals surface area contributed by atoms with Gasteiger partial charge in [0.05, 0.1) is 6.04 Å². The summed E-state index contributed by atoms with van der Waals surface area (Å²) < 4.78 is 0. The number of piperidine rings is 1. The lowest BCUT2D eigenvalue weighted by Crippen LogP contribution is -2.51. The number of hydrogen-bond acceptors (Lipinski definition) is 3. The van der Waals surface area contributed by atoms with Crippen molar-refractivity contribution < 1.29 is 4.79 Å². The average Bonchev–Trinajstić information content (AvgIpc) is 2.18. The molecule has 0 aliphatic carbocycles. The fourth-order valence-corrected chi connectivity index (χ4v) is 2.39. The molecule has 3 unspecified atom stereocenters. The highest BCUT2D eigenvalue weighted by molar-refractivity contribution is 5.85. The van der Waals surface area contributed by atoms with E-state index in [-0.39, 0.29) is 30.4 Å². The molecule has 0 aromatic carbocycles. The highest BCUT2D eigenvalue weighted by Gasteiger charge is 2.29. The molecule has 4 nitrogen and oxygen atoms in total. The van der Waals surface area contributed by atoms with Crippen LogP contribution < -0.4 is 11.5 Å². The Hall–Kier alpha value is -0.320. The average molecular weight is 250 g/mol. The van der Waals surface area contributed by atoms with E-state index in [9.17, 15) is 4.79 Å². The van der Waals surface area contributed by atoms with E-state index >= 15 is 0 Å². The van der Waals surface area contributed by atoms with Crippen LogP contribution in [-0.4, -0.2) is 36.0 Å². The van der Waals surface area contributed by atoms with Crippen LogP contribution in [0.4, 0.5) is 0 Å². The number of hydrogen-bond donors (Lipinski definition) is 2. The first-order valence-electron chi connectivity index (χ1n) is 5.85. The lowest BCUT2D eigenvalue weighted by molar-refractivity contribution is -0.124. The Morgan fingerprint density at radius 3 is 2.62 bits per heavy atom. The van der Waals surface area contributed by atoms with Crippen molar-refractivity contribution in [3.05, 3.63) is 0 Å². The van der Waals surface area contributed by atoms with E-state index in [1.165, 1.54) is 6.42 Å². The first-order chi connectivity index (χ1) is 7.06. The van der Waals surface area contributed by atoms with Crippen molar-refractivity contribution in [3.63, 3.8) is 0 Å². The smallest absolute Gasteiger partial charge is 0.234 e. The van der Waals surface area contributed by atoms with E-state index in [1.54, 1.807) is 0 Å². The Balaban J connectivity index is 0.00000225. The zero-order valence-corrected chi connectivity index (χ0v) is 11.0. The van der Waals surface area contributed by atoms with Crippen LogP contribution in [0.15, 0.2) is 0 Å². The zero-order chi connectivity index (χ0) is 11.4. The van der Waals surface area contributed by atoms with E-state index in [0.717, 1.165) is 25.9 Å². The predicted octanol–water partition coefficient (Wildman–Crippen LogP) is 0.731. The molecule has 96 valence electrons. The van der Waals surface area contributed by atoms with Crippen molar-refractivity contribution >= 4 is 18.3 Å². The first-order valence-corrected chi connectivity index (χ1v) is 5.85. The molecular weight excluding hydrogens is 226 g/mol. The Morgan fingerprint density at radius 1 is 1.56 bits per heavy atom. The van der Waals surface area contributed by atoms with Crippen LogP contribution in [-0.2, 0) is 4.79 Å². The van der Waals surface area contributed by atoms with Crippen molar-refractivity contribution in [2.45, 2.75) is 45.2 Å². The molecule has 1 aliphatic rings. The van der Waals surface area contributed by atoms with Crippen molar-refractivity contribution in [2.24, 2.45) is 17.4 Å². The normalized spacial score (nSPS) is 25.6. The lowest BCUT2D eigenvalue weighted by atomic mass is 9.91. The number of carbonyl (C=O) groups is 1. The SMILES string of the molecule is CCC(C(N)=O)N1CCCC(C(C)N)C1.Cl. The molecule has 1 saturated heterocycles. The number of nitrogens with two attached hydrogens (primary N) is 2. The minimum Gasteiger partial charge on any atom is -0.368 e. The van der Waals surface area contributed by atoms with Crippen molar-refractivity contribution in [1.82, 2.24) is 4.90 Å². The fourth-order valence-electron chi connectivity index (χ4n) is 2.39. The highest BCUT2D eigenvalue weighted by atomic mass is 35.5. The van der Waals surface area contributed by atoms with Gasteiger partial charge in [-0.1, -0.05) is 6.92 Å². The summed E-state index contributed by atoms with van der Waals surface area (Å²) >= 11 is 0. The molecular formula is C11H24ClN3O. The summed E-state index contributed by atoms with van der Waals surface area (Å²) in [5, 5.41) is 0. The topological polar surface area (TPSA) is 72.4 Å². The minimum absolute atomic E-state index is 0. The standard InChI is InChI=1S/C11H23N3O.ClH/c1-3-10(11(13)15)14-6-4-5-9(7-14)8(2)12;/h8-10H,3-7,12H2,1-2H3,(H2,13,15);1H. The second-order valence-corrected chi connectivity index (χ2v) is 4.58. The first kappa shape index (κ1) is 15.7. The van der Waals surface area contributed by atoms with Gasteiger partial charge in [0.2, 0.25) is 5.91 Å². The summed E-state index contributed by atoms with van der Waals surface area (Å²) in [6.07, 6.45) is 3.08. The van der Waals surface area contributed by atoms with Crippen LogP contribution in [0.25, 0.3) is 0 Å². The molecule has 1 rings (SSSR count). The van der Waals surface area contributed by atoms with Crippen LogP contribution in [0.3, 0.4) is 0 Å². The second kappa shape index (κ2) is 7.09. The Labute approximate surface area is 104 Å². The summed E-state index contributed by atoms with van der Waals surface area (Å²) in [6.45, 7) is 5.94. The molecule has 1 fully saturated rings. The van der Waals surface area contributed by atoms with Crippen molar-refractivity contribution in [3.8, 4) is 0 Å². The Kier molecular flexibility index (Phi) is 6.95. The number of carbonyl (C=O) groups excluding carboxylic acids is 1. The number of rotatable bonds is 4. The number of amides is 1. The summed E-state index contributed by atoms with van der Waals surface area (Å²) in [5.41, 5.74) is 11.3. The quantitative estimate of drug-likeness (QED) is 0.772. The van der Waals surface area contributed by atoms with Crippen molar-refractivity contribution in [1.29, 1.82) is 0 Å². The third-order valence-corrected chi connectivity index (χ3v) is 3.39. The maximum absolute atomic E-state index is 11.3. The maximum atomic E-state index is 11.3. The van der Waals surface area contributed by atoms with E-state index in [4.69, 9.17) is 11.5 Å². The van der Waals surface area contributed by atoms with Crippen LogP contribution in [0.2, 0.25) is 0 Å². The second-order valence-electron chi connectivity index (χ2n) is 4.58. The molecule has 0 aromatic heterocycles. The van der Waals surface area contributed by atoms with Gasteiger partial charge in [-0.15, -0.1) is 12.4 Å². The third kappa shape index (κ3) is 3.92. The zero-order valence-electron chi connectivity index (χ0n) is 10.2. The largest absolute Gasteiger partial charge is 0.368 e. The molecule has 0 radical (unpaired) electrons. The summed E-state index contributed by atoms with van der Waals surface area (Å²) in [6, 6.07) is 0.102. The molecule has 16 heavy (non-hydrogen) atoms. The molecule has 3 atom stereocenters. The summed E-state index contributed by atoms with van der Waals surface area (Å²) in [7, 11) is 0. The maximum Gasteiger partial charge on any atom is 0.234 e. The fraction of sp³-hybridized carbons (Fsp3) is 0.909. The molecule has 4 N–H and O–H groups in total. The van der Waals surface area contributed by atoms with Crippen molar-refractivity contribution in [2.75, 3.05) is 13.1 Å². The highest BCUT2D eigenvalue weighted by Crippen LogP contribution is 2.21. The van der Waals surface area contributed by atoms with Gasteiger partial charge in [-0.05, 0) is 38.6 Å². The number of halogens is 1.